The van der Waals surface area contributed by atoms with Crippen molar-refractivity contribution in [2.75, 3.05) is 22.2 Å². The molecular formula is C26H25FN6O. The number of hydrogen-bond donors (Lipinski definition) is 1. The van der Waals surface area contributed by atoms with E-state index in [4.69, 9.17) is 0 Å². The number of benzene rings is 2. The Labute approximate surface area is 197 Å². The Hall–Kier alpha value is -4.07. The van der Waals surface area contributed by atoms with Crippen LogP contribution in [0.25, 0.3) is 22.0 Å². The van der Waals surface area contributed by atoms with Crippen molar-refractivity contribution in [3.63, 3.8) is 0 Å². The summed E-state index contributed by atoms with van der Waals surface area (Å²) in [6.07, 6.45) is 4.60. The molecule has 0 radical (unpaired) electrons. The standard InChI is InChI=1S/C26H25FN6O/c1-15(2)33-16(3)25(34)32(4)22-9-8-18(12-23(22)33)30-26-29-14-21(27)24(31-26)20-7-5-6-17-13-28-11-10-19(17)20/h5-16H,1-4H3,(H,29,30,31)/t16-/m1/s1. The molecule has 1 aliphatic heterocycles. The summed E-state index contributed by atoms with van der Waals surface area (Å²) in [5, 5.41) is 4.98. The van der Waals surface area contributed by atoms with Crippen LogP contribution < -0.4 is 15.1 Å². The van der Waals surface area contributed by atoms with Gasteiger partial charge < -0.3 is 15.1 Å². The van der Waals surface area contributed by atoms with Gasteiger partial charge in [0.05, 0.1) is 17.6 Å². The van der Waals surface area contributed by atoms with Crippen LogP contribution in [0.4, 0.5) is 27.4 Å². The number of pyridine rings is 1. The lowest BCUT2D eigenvalue weighted by Crippen LogP contribution is -2.53. The fourth-order valence-electron chi connectivity index (χ4n) is 4.62. The number of carbonyl (C=O) groups excluding carboxylic acids is 1. The third kappa shape index (κ3) is 3.61. The van der Waals surface area contributed by atoms with Crippen LogP contribution in [0.3, 0.4) is 0 Å². The summed E-state index contributed by atoms with van der Waals surface area (Å²) in [5.41, 5.74) is 3.42. The van der Waals surface area contributed by atoms with Crippen LogP contribution >= 0.6 is 0 Å². The quantitative estimate of drug-likeness (QED) is 0.458. The van der Waals surface area contributed by atoms with Gasteiger partial charge in [-0.15, -0.1) is 0 Å². The van der Waals surface area contributed by atoms with E-state index in [1.54, 1.807) is 24.3 Å². The number of hydrogen-bond acceptors (Lipinski definition) is 6. The van der Waals surface area contributed by atoms with Crippen molar-refractivity contribution in [1.29, 1.82) is 0 Å². The lowest BCUT2D eigenvalue weighted by atomic mass is 10.0. The maximum atomic E-state index is 14.8. The van der Waals surface area contributed by atoms with Crippen LogP contribution in [-0.4, -0.2) is 40.0 Å². The van der Waals surface area contributed by atoms with Crippen LogP contribution in [-0.2, 0) is 4.79 Å². The topological polar surface area (TPSA) is 74.2 Å². The van der Waals surface area contributed by atoms with Crippen LogP contribution in [0.1, 0.15) is 20.8 Å². The molecule has 0 spiro atoms. The Morgan fingerprint density at radius 1 is 1.09 bits per heavy atom. The van der Waals surface area contributed by atoms with Crippen molar-refractivity contribution in [3.05, 3.63) is 66.9 Å². The van der Waals surface area contributed by atoms with Gasteiger partial charge >= 0.3 is 0 Å². The number of anilines is 4. The third-order valence-electron chi connectivity index (χ3n) is 6.21. The summed E-state index contributed by atoms with van der Waals surface area (Å²) in [5.74, 6) is -0.161. The number of carbonyl (C=O) groups is 1. The number of amides is 1. The smallest absolute Gasteiger partial charge is 0.249 e. The Balaban J connectivity index is 1.54. The Morgan fingerprint density at radius 3 is 2.71 bits per heavy atom. The van der Waals surface area contributed by atoms with E-state index in [9.17, 15) is 9.18 Å². The summed E-state index contributed by atoms with van der Waals surface area (Å²) in [6.45, 7) is 6.04. The van der Waals surface area contributed by atoms with Gasteiger partial charge in [-0.25, -0.2) is 14.4 Å². The highest BCUT2D eigenvalue weighted by Crippen LogP contribution is 2.39. The molecule has 0 bridgehead atoms. The molecule has 2 aromatic heterocycles. The molecular weight excluding hydrogens is 431 g/mol. The van der Waals surface area contributed by atoms with Gasteiger partial charge in [0.1, 0.15) is 11.7 Å². The predicted octanol–water partition coefficient (Wildman–Crippen LogP) is 5.15. The van der Waals surface area contributed by atoms with E-state index in [-0.39, 0.29) is 29.6 Å². The van der Waals surface area contributed by atoms with Gasteiger partial charge in [0, 0.05) is 42.1 Å². The highest BCUT2D eigenvalue weighted by atomic mass is 19.1. The van der Waals surface area contributed by atoms with Gasteiger partial charge in [-0.05, 0) is 50.4 Å². The normalized spacial score (nSPS) is 15.7. The predicted molar refractivity (Wildman–Crippen MR) is 133 cm³/mol. The molecule has 1 N–H and O–H groups in total. The number of nitrogens with zero attached hydrogens (tertiary/aromatic N) is 5. The minimum atomic E-state index is -0.500. The van der Waals surface area contributed by atoms with Crippen LogP contribution in [0, 0.1) is 5.82 Å². The summed E-state index contributed by atoms with van der Waals surface area (Å²) in [7, 11) is 1.79. The molecule has 2 aromatic carbocycles. The van der Waals surface area contributed by atoms with Gasteiger partial charge in [-0.3, -0.25) is 9.78 Å². The molecule has 7 nitrogen and oxygen atoms in total. The zero-order valence-electron chi connectivity index (χ0n) is 19.5. The van der Waals surface area contributed by atoms with E-state index in [0.29, 0.717) is 5.56 Å². The molecule has 0 saturated carbocycles. The van der Waals surface area contributed by atoms with Gasteiger partial charge in [-0.1, -0.05) is 18.2 Å². The van der Waals surface area contributed by atoms with Crippen molar-refractivity contribution in [1.82, 2.24) is 15.0 Å². The molecule has 0 saturated heterocycles. The largest absolute Gasteiger partial charge is 0.356 e. The number of aromatic nitrogens is 3. The number of halogens is 1. The van der Waals surface area contributed by atoms with Crippen molar-refractivity contribution in [2.45, 2.75) is 32.9 Å². The molecule has 0 fully saturated rings. The van der Waals surface area contributed by atoms with E-state index >= 15 is 0 Å². The molecule has 1 amide bonds. The molecule has 8 heteroatoms. The molecule has 0 aliphatic carbocycles. The van der Waals surface area contributed by atoms with E-state index < -0.39 is 5.82 Å². The Bertz CT molecular complexity index is 1400. The minimum absolute atomic E-state index is 0.0544. The molecule has 3 heterocycles. The summed E-state index contributed by atoms with van der Waals surface area (Å²) in [4.78, 5) is 29.3. The summed E-state index contributed by atoms with van der Waals surface area (Å²) < 4.78 is 14.8. The fourth-order valence-corrected chi connectivity index (χ4v) is 4.62. The fraction of sp³-hybridized carbons (Fsp3) is 0.231. The molecule has 1 aliphatic rings. The monoisotopic (exact) mass is 456 g/mol. The summed E-state index contributed by atoms with van der Waals surface area (Å²) >= 11 is 0. The summed E-state index contributed by atoms with van der Waals surface area (Å²) in [6, 6.07) is 13.1. The lowest BCUT2D eigenvalue weighted by Gasteiger charge is -2.42. The van der Waals surface area contributed by atoms with Crippen LogP contribution in [0.2, 0.25) is 0 Å². The second kappa shape index (κ2) is 8.37. The lowest BCUT2D eigenvalue weighted by molar-refractivity contribution is -0.119. The first-order chi connectivity index (χ1) is 16.3. The minimum Gasteiger partial charge on any atom is -0.356 e. The van der Waals surface area contributed by atoms with E-state index in [2.05, 4.69) is 39.0 Å². The SMILES string of the molecule is CC(C)N1c2cc(Nc3ncc(F)c(-c4cccc5cnccc45)n3)ccc2N(C)C(=O)[C@H]1C. The number of nitrogens with one attached hydrogen (secondary N) is 1. The highest BCUT2D eigenvalue weighted by molar-refractivity contribution is 6.05. The maximum absolute atomic E-state index is 14.8. The zero-order valence-corrected chi connectivity index (χ0v) is 19.5. The number of fused-ring (bicyclic) bond motifs is 2. The van der Waals surface area contributed by atoms with Gasteiger partial charge in [-0.2, -0.15) is 0 Å². The average molecular weight is 457 g/mol. The molecule has 0 unspecified atom stereocenters. The van der Waals surface area contributed by atoms with E-state index in [0.717, 1.165) is 27.8 Å². The zero-order chi connectivity index (χ0) is 24.0. The van der Waals surface area contributed by atoms with Crippen LogP contribution in [0.5, 0.6) is 0 Å². The first-order valence-corrected chi connectivity index (χ1v) is 11.2. The van der Waals surface area contributed by atoms with E-state index in [1.165, 1.54) is 6.20 Å². The molecule has 5 rings (SSSR count). The maximum Gasteiger partial charge on any atom is 0.249 e. The second-order valence-corrected chi connectivity index (χ2v) is 8.70. The highest BCUT2D eigenvalue weighted by Gasteiger charge is 2.35. The van der Waals surface area contributed by atoms with Crippen molar-refractivity contribution in [3.8, 4) is 11.3 Å². The van der Waals surface area contributed by atoms with Crippen LogP contribution in [0.15, 0.2) is 61.1 Å². The van der Waals surface area contributed by atoms with Crippen molar-refractivity contribution >= 4 is 39.7 Å². The van der Waals surface area contributed by atoms with Gasteiger partial charge in [0.15, 0.2) is 5.82 Å². The molecule has 1 atom stereocenters. The third-order valence-corrected chi connectivity index (χ3v) is 6.21. The molecule has 4 aromatic rings. The Morgan fingerprint density at radius 2 is 1.91 bits per heavy atom. The average Bonchev–Trinajstić information content (AvgIpc) is 2.83. The first-order valence-electron chi connectivity index (χ1n) is 11.2. The van der Waals surface area contributed by atoms with Crippen molar-refractivity contribution < 1.29 is 9.18 Å². The molecule has 172 valence electrons. The van der Waals surface area contributed by atoms with E-state index in [1.807, 2.05) is 49.4 Å². The van der Waals surface area contributed by atoms with Gasteiger partial charge in [0.25, 0.3) is 0 Å². The second-order valence-electron chi connectivity index (χ2n) is 8.70. The van der Waals surface area contributed by atoms with Crippen molar-refractivity contribution in [2.24, 2.45) is 0 Å². The number of rotatable bonds is 4. The number of likely N-dealkylation sites (N-methyl/N-ethyl adjacent to an activating group) is 1. The molecule has 34 heavy (non-hydrogen) atoms. The Kier molecular flexibility index (Phi) is 5.36. The first kappa shape index (κ1) is 21.8. The van der Waals surface area contributed by atoms with Gasteiger partial charge in [0.2, 0.25) is 11.9 Å².